The maximum absolute atomic E-state index is 14.0. The van der Waals surface area contributed by atoms with Crippen LogP contribution in [0.3, 0.4) is 0 Å². The number of unbranched alkanes of at least 4 members (excludes halogenated alkanes) is 1. The molecule has 0 saturated heterocycles. The number of hydrogen-bond donors (Lipinski definition) is 1. The Bertz CT molecular complexity index is 865. The molecule has 4 rings (SSSR count). The summed E-state index contributed by atoms with van der Waals surface area (Å²) in [6, 6.07) is 5.04. The van der Waals surface area contributed by atoms with Crippen molar-refractivity contribution in [3.63, 3.8) is 0 Å². The molecule has 2 aromatic rings. The van der Waals surface area contributed by atoms with Crippen molar-refractivity contribution in [2.45, 2.75) is 50.5 Å². The third-order valence-corrected chi connectivity index (χ3v) is 6.63. The first-order chi connectivity index (χ1) is 12.5. The standard InChI is InChI=1S/C20H23ClFN3O/c1-3-4-5-16-14-8-9-20(16,17-10-12(22)6-7-13(14)17)24-19(26)15-11-23-25(2)18(15)21/h6-7,10-11,14,16H,3-5,8-9H2,1-2H3,(H,24,26). The number of hydrogen-bond acceptors (Lipinski definition) is 2. The number of benzene rings is 1. The molecule has 3 atom stereocenters. The van der Waals surface area contributed by atoms with Gasteiger partial charge in [-0.25, -0.2) is 4.39 Å². The molecular formula is C20H23ClFN3O. The number of aromatic nitrogens is 2. The van der Waals surface area contributed by atoms with Gasteiger partial charge in [-0.2, -0.15) is 5.10 Å². The zero-order valence-electron chi connectivity index (χ0n) is 15.1. The number of fused-ring (bicyclic) bond motifs is 5. The zero-order chi connectivity index (χ0) is 18.5. The number of amides is 1. The number of halogens is 2. The monoisotopic (exact) mass is 375 g/mol. The Morgan fingerprint density at radius 1 is 1.50 bits per heavy atom. The first-order valence-electron chi connectivity index (χ1n) is 9.28. The van der Waals surface area contributed by atoms with E-state index >= 15 is 0 Å². The summed E-state index contributed by atoms with van der Waals surface area (Å²) >= 11 is 6.21. The van der Waals surface area contributed by atoms with Gasteiger partial charge in [0.25, 0.3) is 5.91 Å². The normalized spacial score (nSPS) is 26.2. The summed E-state index contributed by atoms with van der Waals surface area (Å²) in [4.78, 5) is 13.0. The van der Waals surface area contributed by atoms with Crippen LogP contribution in [-0.2, 0) is 12.6 Å². The predicted octanol–water partition coefficient (Wildman–Crippen LogP) is 4.54. The average molecular weight is 376 g/mol. The Morgan fingerprint density at radius 2 is 2.31 bits per heavy atom. The van der Waals surface area contributed by atoms with E-state index in [0.29, 0.717) is 22.6 Å². The van der Waals surface area contributed by atoms with Crippen LogP contribution in [0.4, 0.5) is 4.39 Å². The molecule has 6 heteroatoms. The lowest BCUT2D eigenvalue weighted by Crippen LogP contribution is -2.47. The fraction of sp³-hybridized carbons (Fsp3) is 0.500. The first kappa shape index (κ1) is 17.5. The quantitative estimate of drug-likeness (QED) is 0.834. The third kappa shape index (κ3) is 2.48. The van der Waals surface area contributed by atoms with Gasteiger partial charge < -0.3 is 5.32 Å². The van der Waals surface area contributed by atoms with E-state index in [9.17, 15) is 9.18 Å². The van der Waals surface area contributed by atoms with E-state index in [2.05, 4.69) is 17.3 Å². The molecule has 4 nitrogen and oxygen atoms in total. The summed E-state index contributed by atoms with van der Waals surface area (Å²) in [5.41, 5.74) is 2.00. The van der Waals surface area contributed by atoms with Gasteiger partial charge in [0.1, 0.15) is 11.0 Å². The summed E-state index contributed by atoms with van der Waals surface area (Å²) < 4.78 is 15.5. The minimum atomic E-state index is -0.506. The molecule has 2 aliphatic rings. The second-order valence-electron chi connectivity index (χ2n) is 7.52. The molecule has 0 spiro atoms. The van der Waals surface area contributed by atoms with Gasteiger partial charge in [0.05, 0.1) is 17.3 Å². The first-order valence-corrected chi connectivity index (χ1v) is 9.65. The van der Waals surface area contributed by atoms with Gasteiger partial charge >= 0.3 is 0 Å². The van der Waals surface area contributed by atoms with E-state index < -0.39 is 5.54 Å². The Labute approximate surface area is 157 Å². The van der Waals surface area contributed by atoms with Crippen molar-refractivity contribution in [1.82, 2.24) is 15.1 Å². The van der Waals surface area contributed by atoms with E-state index in [1.54, 1.807) is 13.1 Å². The van der Waals surface area contributed by atoms with Gasteiger partial charge in [-0.05, 0) is 54.4 Å². The highest BCUT2D eigenvalue weighted by molar-refractivity contribution is 6.32. The highest BCUT2D eigenvalue weighted by atomic mass is 35.5. The molecule has 0 radical (unpaired) electrons. The number of carbonyl (C=O) groups is 1. The molecule has 1 heterocycles. The number of aryl methyl sites for hydroxylation is 1. The van der Waals surface area contributed by atoms with E-state index in [4.69, 9.17) is 11.6 Å². The van der Waals surface area contributed by atoms with Crippen LogP contribution in [0.5, 0.6) is 0 Å². The van der Waals surface area contributed by atoms with Crippen molar-refractivity contribution in [2.75, 3.05) is 0 Å². The lowest BCUT2D eigenvalue weighted by Gasteiger charge is -2.34. The molecule has 1 aromatic carbocycles. The SMILES string of the molecule is CCCCC1C2CCC1(NC(=O)c1cnn(C)c1Cl)c1cc(F)ccc12. The van der Waals surface area contributed by atoms with Crippen molar-refractivity contribution in [3.05, 3.63) is 52.1 Å². The predicted molar refractivity (Wildman–Crippen MR) is 98.8 cm³/mol. The molecule has 1 saturated carbocycles. The number of carbonyl (C=O) groups excluding carboxylic acids is 1. The smallest absolute Gasteiger partial charge is 0.256 e. The highest BCUT2D eigenvalue weighted by Gasteiger charge is 2.57. The van der Waals surface area contributed by atoms with Crippen LogP contribution < -0.4 is 5.32 Å². The minimum Gasteiger partial charge on any atom is -0.342 e. The van der Waals surface area contributed by atoms with Crippen molar-refractivity contribution < 1.29 is 9.18 Å². The summed E-state index contributed by atoms with van der Waals surface area (Å²) in [5, 5.41) is 7.63. The van der Waals surface area contributed by atoms with Crippen molar-refractivity contribution in [1.29, 1.82) is 0 Å². The molecule has 1 N–H and O–H groups in total. The Kier molecular flexibility index (Phi) is 4.30. The van der Waals surface area contributed by atoms with Crippen LogP contribution in [0.1, 0.15) is 66.4 Å². The van der Waals surface area contributed by atoms with E-state index in [-0.39, 0.29) is 11.7 Å². The second-order valence-corrected chi connectivity index (χ2v) is 7.88. The van der Waals surface area contributed by atoms with Crippen molar-refractivity contribution in [3.8, 4) is 0 Å². The van der Waals surface area contributed by atoms with Gasteiger partial charge in [-0.3, -0.25) is 9.48 Å². The Morgan fingerprint density at radius 3 is 3.00 bits per heavy atom. The van der Waals surface area contributed by atoms with Gasteiger partial charge in [-0.1, -0.05) is 37.4 Å². The topological polar surface area (TPSA) is 46.9 Å². The van der Waals surface area contributed by atoms with Crippen LogP contribution in [0, 0.1) is 11.7 Å². The van der Waals surface area contributed by atoms with Gasteiger partial charge in [-0.15, -0.1) is 0 Å². The molecule has 0 aliphatic heterocycles. The second kappa shape index (κ2) is 6.38. The fourth-order valence-electron chi connectivity index (χ4n) is 5.00. The van der Waals surface area contributed by atoms with Gasteiger partial charge in [0, 0.05) is 7.05 Å². The molecule has 26 heavy (non-hydrogen) atoms. The number of nitrogens with one attached hydrogen (secondary N) is 1. The summed E-state index contributed by atoms with van der Waals surface area (Å²) in [6.07, 6.45) is 6.58. The molecule has 3 unspecified atom stereocenters. The van der Waals surface area contributed by atoms with Crippen LogP contribution in [0.25, 0.3) is 0 Å². The summed E-state index contributed by atoms with van der Waals surface area (Å²) in [6.45, 7) is 2.17. The van der Waals surface area contributed by atoms with Crippen LogP contribution in [0.15, 0.2) is 24.4 Å². The molecular weight excluding hydrogens is 353 g/mol. The van der Waals surface area contributed by atoms with E-state index in [0.717, 1.165) is 37.7 Å². The fourth-order valence-corrected chi connectivity index (χ4v) is 5.18. The van der Waals surface area contributed by atoms with E-state index in [1.165, 1.54) is 22.5 Å². The minimum absolute atomic E-state index is 0.234. The molecule has 1 aromatic heterocycles. The molecule has 2 aliphatic carbocycles. The van der Waals surface area contributed by atoms with Crippen LogP contribution >= 0.6 is 11.6 Å². The molecule has 1 fully saturated rings. The third-order valence-electron chi connectivity index (χ3n) is 6.18. The van der Waals surface area contributed by atoms with Crippen molar-refractivity contribution in [2.24, 2.45) is 13.0 Å². The molecule has 1 amide bonds. The lowest BCUT2D eigenvalue weighted by molar-refractivity contribution is 0.0868. The van der Waals surface area contributed by atoms with E-state index in [1.807, 2.05) is 6.07 Å². The molecule has 138 valence electrons. The summed E-state index contributed by atoms with van der Waals surface area (Å²) in [7, 11) is 1.70. The highest BCUT2D eigenvalue weighted by Crippen LogP contribution is 2.61. The largest absolute Gasteiger partial charge is 0.342 e. The van der Waals surface area contributed by atoms with Gasteiger partial charge in [0.15, 0.2) is 0 Å². The lowest BCUT2D eigenvalue weighted by atomic mass is 9.81. The molecule has 2 bridgehead atoms. The maximum Gasteiger partial charge on any atom is 0.256 e. The Hall–Kier alpha value is -1.88. The number of rotatable bonds is 5. The Balaban J connectivity index is 1.74. The van der Waals surface area contributed by atoms with Gasteiger partial charge in [0.2, 0.25) is 0 Å². The number of nitrogens with zero attached hydrogens (tertiary/aromatic N) is 2. The van der Waals surface area contributed by atoms with Crippen LogP contribution in [-0.4, -0.2) is 15.7 Å². The average Bonchev–Trinajstić information content (AvgIpc) is 3.22. The summed E-state index contributed by atoms with van der Waals surface area (Å²) in [5.74, 6) is 0.210. The van der Waals surface area contributed by atoms with Crippen LogP contribution in [0.2, 0.25) is 5.15 Å². The maximum atomic E-state index is 14.0. The zero-order valence-corrected chi connectivity index (χ0v) is 15.8. The van der Waals surface area contributed by atoms with Crippen molar-refractivity contribution >= 4 is 17.5 Å².